The Morgan fingerprint density at radius 3 is 2.39 bits per heavy atom. The minimum absolute atomic E-state index is 0.0720. The molecule has 2 rings (SSSR count). The average molecular weight is 246 g/mol. The number of benzene rings is 1. The van der Waals surface area contributed by atoms with Crippen molar-refractivity contribution in [1.82, 2.24) is 5.32 Å². The quantitative estimate of drug-likeness (QED) is 0.837. The van der Waals surface area contributed by atoms with Gasteiger partial charge in [-0.15, -0.1) is 0 Å². The summed E-state index contributed by atoms with van der Waals surface area (Å²) in [6.45, 7) is 4.71. The first-order chi connectivity index (χ1) is 8.59. The van der Waals surface area contributed by atoms with Crippen LogP contribution in [-0.4, -0.2) is 12.5 Å². The Balaban J connectivity index is 2.11. The highest BCUT2D eigenvalue weighted by atomic mass is 16.2. The first-order valence-electron chi connectivity index (χ1n) is 6.65. The second-order valence-corrected chi connectivity index (χ2v) is 5.59. The maximum atomic E-state index is 12.3. The van der Waals surface area contributed by atoms with Crippen molar-refractivity contribution in [2.24, 2.45) is 17.1 Å². The molecule has 0 bridgehead atoms. The maximum Gasteiger partial charge on any atom is 0.227 e. The number of rotatable bonds is 5. The van der Waals surface area contributed by atoms with Gasteiger partial charge in [-0.05, 0) is 24.3 Å². The molecule has 1 amide bonds. The molecule has 1 aliphatic carbocycles. The molecular weight excluding hydrogens is 224 g/mol. The van der Waals surface area contributed by atoms with Gasteiger partial charge >= 0.3 is 0 Å². The minimum atomic E-state index is -0.276. The van der Waals surface area contributed by atoms with Gasteiger partial charge in [0.1, 0.15) is 0 Å². The van der Waals surface area contributed by atoms with E-state index >= 15 is 0 Å². The van der Waals surface area contributed by atoms with Gasteiger partial charge in [0.15, 0.2) is 0 Å². The highest BCUT2D eigenvalue weighted by Gasteiger charge is 2.49. The molecule has 1 fully saturated rings. The summed E-state index contributed by atoms with van der Waals surface area (Å²) in [5.41, 5.74) is 6.58. The third kappa shape index (κ3) is 2.56. The van der Waals surface area contributed by atoms with Crippen LogP contribution in [0.1, 0.15) is 38.3 Å². The number of amides is 1. The Kier molecular flexibility index (Phi) is 3.71. The molecule has 98 valence electrons. The normalized spacial score (nSPS) is 18.4. The summed E-state index contributed by atoms with van der Waals surface area (Å²) in [6, 6.07) is 10.2. The fraction of sp³-hybridized carbons (Fsp3) is 0.533. The van der Waals surface area contributed by atoms with Crippen LogP contribution in [-0.2, 0) is 4.79 Å². The van der Waals surface area contributed by atoms with Crippen molar-refractivity contribution >= 4 is 5.91 Å². The molecule has 0 saturated heterocycles. The van der Waals surface area contributed by atoms with Gasteiger partial charge in [0.05, 0.1) is 11.5 Å². The van der Waals surface area contributed by atoms with Crippen LogP contribution in [0.5, 0.6) is 0 Å². The zero-order chi connectivity index (χ0) is 13.2. The summed E-state index contributed by atoms with van der Waals surface area (Å²) < 4.78 is 0. The molecule has 3 nitrogen and oxygen atoms in total. The van der Waals surface area contributed by atoms with Crippen molar-refractivity contribution in [1.29, 1.82) is 0 Å². The Hall–Kier alpha value is -1.35. The van der Waals surface area contributed by atoms with Crippen LogP contribution in [0.25, 0.3) is 0 Å². The molecule has 0 heterocycles. The van der Waals surface area contributed by atoms with E-state index in [4.69, 9.17) is 5.73 Å². The molecule has 1 saturated carbocycles. The molecule has 1 unspecified atom stereocenters. The Morgan fingerprint density at radius 2 is 1.94 bits per heavy atom. The fourth-order valence-electron chi connectivity index (χ4n) is 2.26. The Labute approximate surface area is 109 Å². The second kappa shape index (κ2) is 5.11. The smallest absolute Gasteiger partial charge is 0.227 e. The van der Waals surface area contributed by atoms with Crippen molar-refractivity contribution in [3.05, 3.63) is 35.9 Å². The van der Waals surface area contributed by atoms with Crippen LogP contribution in [0.2, 0.25) is 0 Å². The van der Waals surface area contributed by atoms with Crippen LogP contribution < -0.4 is 11.1 Å². The third-order valence-electron chi connectivity index (χ3n) is 3.84. The highest BCUT2D eigenvalue weighted by molar-refractivity contribution is 5.85. The summed E-state index contributed by atoms with van der Waals surface area (Å²) in [6.07, 6.45) is 1.85. The minimum Gasteiger partial charge on any atom is -0.349 e. The standard InChI is InChI=1S/C15H22N2O/c1-11(2)13(12-6-4-3-5-7-12)17-14(18)15(10-16)8-9-15/h3-7,11,13H,8-10,16H2,1-2H3,(H,17,18). The van der Waals surface area contributed by atoms with E-state index in [9.17, 15) is 4.79 Å². The molecule has 1 aliphatic rings. The van der Waals surface area contributed by atoms with E-state index in [1.54, 1.807) is 0 Å². The summed E-state index contributed by atoms with van der Waals surface area (Å²) in [4.78, 5) is 12.3. The van der Waals surface area contributed by atoms with Crippen molar-refractivity contribution in [2.75, 3.05) is 6.54 Å². The lowest BCUT2D eigenvalue weighted by molar-refractivity contribution is -0.127. The van der Waals surface area contributed by atoms with E-state index in [0.29, 0.717) is 12.5 Å². The van der Waals surface area contributed by atoms with Gasteiger partial charge in [0, 0.05) is 6.54 Å². The summed E-state index contributed by atoms with van der Waals surface area (Å²) in [5, 5.41) is 3.17. The largest absolute Gasteiger partial charge is 0.349 e. The van der Waals surface area contributed by atoms with E-state index in [2.05, 4.69) is 31.3 Å². The van der Waals surface area contributed by atoms with Gasteiger partial charge < -0.3 is 11.1 Å². The first-order valence-corrected chi connectivity index (χ1v) is 6.65. The van der Waals surface area contributed by atoms with Crippen molar-refractivity contribution < 1.29 is 4.79 Å². The third-order valence-corrected chi connectivity index (χ3v) is 3.84. The molecule has 18 heavy (non-hydrogen) atoms. The van der Waals surface area contributed by atoms with Gasteiger partial charge in [-0.3, -0.25) is 4.79 Å². The van der Waals surface area contributed by atoms with E-state index in [1.807, 2.05) is 18.2 Å². The number of nitrogens with two attached hydrogens (primary N) is 1. The topological polar surface area (TPSA) is 55.1 Å². The van der Waals surface area contributed by atoms with Gasteiger partial charge in [0.25, 0.3) is 0 Å². The molecule has 0 aliphatic heterocycles. The van der Waals surface area contributed by atoms with Crippen molar-refractivity contribution in [3.8, 4) is 0 Å². The number of nitrogens with one attached hydrogen (secondary N) is 1. The molecule has 0 aromatic heterocycles. The summed E-state index contributed by atoms with van der Waals surface area (Å²) in [7, 11) is 0. The van der Waals surface area contributed by atoms with E-state index in [1.165, 1.54) is 0 Å². The maximum absolute atomic E-state index is 12.3. The van der Waals surface area contributed by atoms with Crippen LogP contribution in [0.4, 0.5) is 0 Å². The van der Waals surface area contributed by atoms with Gasteiger partial charge in [-0.2, -0.15) is 0 Å². The monoisotopic (exact) mass is 246 g/mol. The summed E-state index contributed by atoms with van der Waals surface area (Å²) >= 11 is 0. The molecule has 0 spiro atoms. The molecule has 0 radical (unpaired) electrons. The van der Waals surface area contributed by atoms with Gasteiger partial charge in [-0.25, -0.2) is 0 Å². The van der Waals surface area contributed by atoms with E-state index in [-0.39, 0.29) is 17.4 Å². The Morgan fingerprint density at radius 1 is 1.33 bits per heavy atom. The number of hydrogen-bond donors (Lipinski definition) is 2. The number of carbonyl (C=O) groups is 1. The molecule has 3 heteroatoms. The number of carbonyl (C=O) groups excluding carboxylic acids is 1. The van der Waals surface area contributed by atoms with Crippen LogP contribution in [0, 0.1) is 11.3 Å². The first kappa shape index (κ1) is 13.1. The highest BCUT2D eigenvalue weighted by Crippen LogP contribution is 2.45. The fourth-order valence-corrected chi connectivity index (χ4v) is 2.26. The van der Waals surface area contributed by atoms with Crippen LogP contribution in [0.15, 0.2) is 30.3 Å². The van der Waals surface area contributed by atoms with Crippen molar-refractivity contribution in [2.45, 2.75) is 32.7 Å². The SMILES string of the molecule is CC(C)C(NC(=O)C1(CN)CC1)c1ccccc1. The lowest BCUT2D eigenvalue weighted by Gasteiger charge is -2.25. The lowest BCUT2D eigenvalue weighted by Crippen LogP contribution is -2.40. The second-order valence-electron chi connectivity index (χ2n) is 5.59. The van der Waals surface area contributed by atoms with Crippen LogP contribution >= 0.6 is 0 Å². The number of hydrogen-bond acceptors (Lipinski definition) is 2. The predicted molar refractivity (Wildman–Crippen MR) is 72.9 cm³/mol. The predicted octanol–water partition coefficient (Wildman–Crippen LogP) is 2.24. The van der Waals surface area contributed by atoms with Gasteiger partial charge in [-0.1, -0.05) is 44.2 Å². The zero-order valence-electron chi connectivity index (χ0n) is 11.1. The van der Waals surface area contributed by atoms with E-state index in [0.717, 1.165) is 18.4 Å². The van der Waals surface area contributed by atoms with Gasteiger partial charge in [0.2, 0.25) is 5.91 Å². The average Bonchev–Trinajstić information content (AvgIpc) is 3.17. The molecule has 1 aromatic rings. The Bertz CT molecular complexity index is 410. The molecular formula is C15H22N2O. The molecule has 1 aromatic carbocycles. The molecule has 1 atom stereocenters. The lowest BCUT2D eigenvalue weighted by atomic mass is 9.94. The molecule has 3 N–H and O–H groups in total. The summed E-state index contributed by atoms with van der Waals surface area (Å²) in [5.74, 6) is 0.484. The zero-order valence-corrected chi connectivity index (χ0v) is 11.1. The van der Waals surface area contributed by atoms with Crippen LogP contribution in [0.3, 0.4) is 0 Å². The van der Waals surface area contributed by atoms with Crippen molar-refractivity contribution in [3.63, 3.8) is 0 Å². The van der Waals surface area contributed by atoms with E-state index < -0.39 is 0 Å².